The van der Waals surface area contributed by atoms with E-state index in [1.165, 1.54) is 39.8 Å². The number of hydrogen-bond donors (Lipinski definition) is 0. The van der Waals surface area contributed by atoms with E-state index in [-0.39, 0.29) is 22.8 Å². The smallest absolute Gasteiger partial charge is 0.348 e. The summed E-state index contributed by atoms with van der Waals surface area (Å²) in [6.07, 6.45) is 2.67. The van der Waals surface area contributed by atoms with Crippen molar-refractivity contribution in [3.8, 4) is 11.5 Å². The summed E-state index contributed by atoms with van der Waals surface area (Å²) in [7, 11) is -0.0734. The van der Waals surface area contributed by atoms with Gasteiger partial charge in [0.15, 0.2) is 0 Å². The predicted molar refractivity (Wildman–Crippen MR) is 128 cm³/mol. The SMILES string of the molecule is COC(=O)c1cccc2c1cnn2S(=O)(=O)N(Cc1ccc(OC)cc1OC)c1ncc(Cl)s1. The van der Waals surface area contributed by atoms with E-state index in [2.05, 4.69) is 10.1 Å². The predicted octanol–water partition coefficient (Wildman–Crippen LogP) is 3.75. The molecule has 0 saturated carbocycles. The van der Waals surface area contributed by atoms with E-state index >= 15 is 0 Å². The molecule has 0 fully saturated rings. The summed E-state index contributed by atoms with van der Waals surface area (Å²) in [5.74, 6) is 0.385. The molecular formula is C21H19ClN4O6S2. The van der Waals surface area contributed by atoms with Crippen molar-refractivity contribution in [2.45, 2.75) is 6.54 Å². The van der Waals surface area contributed by atoms with Crippen LogP contribution in [0.25, 0.3) is 10.9 Å². The molecule has 34 heavy (non-hydrogen) atoms. The van der Waals surface area contributed by atoms with E-state index in [0.29, 0.717) is 26.8 Å². The van der Waals surface area contributed by atoms with Crippen LogP contribution in [0.2, 0.25) is 4.34 Å². The van der Waals surface area contributed by atoms with Crippen LogP contribution in [0, 0.1) is 0 Å². The van der Waals surface area contributed by atoms with Crippen molar-refractivity contribution in [1.82, 2.24) is 14.2 Å². The van der Waals surface area contributed by atoms with E-state index in [9.17, 15) is 13.2 Å². The largest absolute Gasteiger partial charge is 0.497 e. The molecule has 0 spiro atoms. The molecule has 2 aromatic heterocycles. The molecule has 2 heterocycles. The van der Waals surface area contributed by atoms with Gasteiger partial charge in [-0.3, -0.25) is 0 Å². The first kappa shape index (κ1) is 23.8. The van der Waals surface area contributed by atoms with Crippen molar-refractivity contribution in [2.75, 3.05) is 25.6 Å². The Kier molecular flexibility index (Phi) is 6.64. The summed E-state index contributed by atoms with van der Waals surface area (Å²) in [6, 6.07) is 9.69. The lowest BCUT2D eigenvalue weighted by Gasteiger charge is -2.23. The topological polar surface area (TPSA) is 113 Å². The maximum Gasteiger partial charge on any atom is 0.348 e. The molecule has 0 bridgehead atoms. The van der Waals surface area contributed by atoms with Gasteiger partial charge in [-0.2, -0.15) is 13.5 Å². The molecule has 0 aliphatic heterocycles. The van der Waals surface area contributed by atoms with Crippen molar-refractivity contribution in [3.63, 3.8) is 0 Å². The quantitative estimate of drug-likeness (QED) is 0.321. The second kappa shape index (κ2) is 9.49. The van der Waals surface area contributed by atoms with Gasteiger partial charge in [0.1, 0.15) is 15.8 Å². The van der Waals surface area contributed by atoms with Gasteiger partial charge in [-0.05, 0) is 24.3 Å². The average molecular weight is 523 g/mol. The van der Waals surface area contributed by atoms with Gasteiger partial charge in [-0.25, -0.2) is 14.1 Å². The molecule has 0 N–H and O–H groups in total. The number of nitrogens with zero attached hydrogens (tertiary/aromatic N) is 4. The molecule has 13 heteroatoms. The van der Waals surface area contributed by atoms with Crippen LogP contribution in [0.3, 0.4) is 0 Å². The Hall–Kier alpha value is -3.35. The highest BCUT2D eigenvalue weighted by Gasteiger charge is 2.31. The number of carbonyl (C=O) groups excluding carboxylic acids is 1. The zero-order valence-electron chi connectivity index (χ0n) is 18.3. The maximum atomic E-state index is 13.9. The number of anilines is 1. The monoisotopic (exact) mass is 522 g/mol. The number of thiazole rings is 1. The van der Waals surface area contributed by atoms with Gasteiger partial charge in [0, 0.05) is 17.0 Å². The minimum atomic E-state index is -4.32. The Morgan fingerprint density at radius 3 is 2.59 bits per heavy atom. The van der Waals surface area contributed by atoms with Crippen LogP contribution in [0.15, 0.2) is 48.8 Å². The van der Waals surface area contributed by atoms with Gasteiger partial charge < -0.3 is 14.2 Å². The van der Waals surface area contributed by atoms with Gasteiger partial charge in [0.2, 0.25) is 5.13 Å². The molecule has 0 unspecified atom stereocenters. The number of carbonyl (C=O) groups is 1. The zero-order chi connectivity index (χ0) is 24.5. The molecular weight excluding hydrogens is 504 g/mol. The molecule has 0 saturated heterocycles. The number of rotatable bonds is 8. The van der Waals surface area contributed by atoms with Crippen LogP contribution in [0.4, 0.5) is 5.13 Å². The minimum absolute atomic E-state index is 0.128. The van der Waals surface area contributed by atoms with Crippen LogP contribution in [0.1, 0.15) is 15.9 Å². The summed E-state index contributed by atoms with van der Waals surface area (Å²) >= 11 is 7.06. The van der Waals surface area contributed by atoms with Crippen molar-refractivity contribution in [1.29, 1.82) is 0 Å². The molecule has 0 aliphatic carbocycles. The fourth-order valence-corrected chi connectivity index (χ4v) is 5.85. The van der Waals surface area contributed by atoms with Gasteiger partial charge in [0.05, 0.1) is 51.3 Å². The minimum Gasteiger partial charge on any atom is -0.497 e. The van der Waals surface area contributed by atoms with Gasteiger partial charge in [-0.15, -0.1) is 4.09 Å². The molecule has 4 aromatic rings. The van der Waals surface area contributed by atoms with Crippen LogP contribution in [-0.2, 0) is 21.5 Å². The molecule has 10 nitrogen and oxygen atoms in total. The van der Waals surface area contributed by atoms with Crippen LogP contribution < -0.4 is 13.8 Å². The summed E-state index contributed by atoms with van der Waals surface area (Å²) < 4.78 is 45.4. The standard InChI is InChI=1S/C21H19ClN4O6S2/c1-30-14-8-7-13(18(9-14)31-2)12-25(21-23-11-19(22)33-21)34(28,29)26-17-6-4-5-15(20(27)32-3)16(17)10-24-26/h4-11H,12H2,1-3H3. The third kappa shape index (κ3) is 4.27. The molecule has 0 amide bonds. The van der Waals surface area contributed by atoms with Crippen molar-refractivity contribution >= 4 is 55.2 Å². The Balaban J connectivity index is 1.85. The van der Waals surface area contributed by atoms with Crippen LogP contribution in [0.5, 0.6) is 11.5 Å². The number of benzene rings is 2. The van der Waals surface area contributed by atoms with E-state index in [4.69, 9.17) is 25.8 Å². The Bertz CT molecular complexity index is 1470. The summed E-state index contributed by atoms with van der Waals surface area (Å²) in [6.45, 7) is -0.128. The van der Waals surface area contributed by atoms with Crippen LogP contribution in [-0.4, -0.2) is 49.9 Å². The fourth-order valence-electron chi connectivity index (χ4n) is 3.34. The number of esters is 1. The Labute approximate surface area is 204 Å². The molecule has 2 aromatic carbocycles. The molecule has 0 atom stereocenters. The lowest BCUT2D eigenvalue weighted by Crippen LogP contribution is -2.36. The van der Waals surface area contributed by atoms with E-state index in [1.54, 1.807) is 30.3 Å². The van der Waals surface area contributed by atoms with Crippen LogP contribution >= 0.6 is 22.9 Å². The number of methoxy groups -OCH3 is 3. The normalized spacial score (nSPS) is 11.4. The van der Waals surface area contributed by atoms with Crippen molar-refractivity contribution in [2.24, 2.45) is 0 Å². The number of hydrogen-bond acceptors (Lipinski definition) is 9. The number of fused-ring (bicyclic) bond motifs is 1. The lowest BCUT2D eigenvalue weighted by atomic mass is 10.1. The zero-order valence-corrected chi connectivity index (χ0v) is 20.6. The molecule has 0 radical (unpaired) electrons. The number of aromatic nitrogens is 3. The third-order valence-corrected chi connectivity index (χ3v) is 7.81. The highest BCUT2D eigenvalue weighted by molar-refractivity contribution is 7.91. The van der Waals surface area contributed by atoms with Gasteiger partial charge in [0.25, 0.3) is 0 Å². The first-order chi connectivity index (χ1) is 16.3. The first-order valence-corrected chi connectivity index (χ1v) is 12.3. The number of ether oxygens (including phenoxy) is 3. The number of halogens is 1. The highest BCUT2D eigenvalue weighted by Crippen LogP contribution is 2.34. The summed E-state index contributed by atoms with van der Waals surface area (Å²) in [4.78, 5) is 16.3. The van der Waals surface area contributed by atoms with E-state index in [1.807, 2.05) is 0 Å². The Morgan fingerprint density at radius 1 is 1.15 bits per heavy atom. The lowest BCUT2D eigenvalue weighted by molar-refractivity contribution is 0.0603. The van der Waals surface area contributed by atoms with E-state index in [0.717, 1.165) is 19.7 Å². The third-order valence-electron chi connectivity index (χ3n) is 4.97. The average Bonchev–Trinajstić information content (AvgIpc) is 3.48. The first-order valence-electron chi connectivity index (χ1n) is 9.70. The maximum absolute atomic E-state index is 13.9. The molecule has 0 aliphatic rings. The second-order valence-electron chi connectivity index (χ2n) is 6.86. The fraction of sp³-hybridized carbons (Fsp3) is 0.190. The molecule has 4 rings (SSSR count). The van der Waals surface area contributed by atoms with Gasteiger partial charge >= 0.3 is 16.2 Å². The highest BCUT2D eigenvalue weighted by atomic mass is 35.5. The van der Waals surface area contributed by atoms with Crippen molar-refractivity contribution in [3.05, 3.63) is 64.3 Å². The summed E-state index contributed by atoms with van der Waals surface area (Å²) in [5.41, 5.74) is 0.962. The second-order valence-corrected chi connectivity index (χ2v) is 10.2. The van der Waals surface area contributed by atoms with Gasteiger partial charge in [-0.1, -0.05) is 29.0 Å². The van der Waals surface area contributed by atoms with E-state index < -0.39 is 16.2 Å². The summed E-state index contributed by atoms with van der Waals surface area (Å²) in [5, 5.41) is 4.55. The van der Waals surface area contributed by atoms with Crippen molar-refractivity contribution < 1.29 is 27.4 Å². The molecule has 178 valence electrons. The Morgan fingerprint density at radius 2 is 1.94 bits per heavy atom.